The van der Waals surface area contributed by atoms with E-state index in [1.54, 1.807) is 11.7 Å². The van der Waals surface area contributed by atoms with Crippen LogP contribution >= 0.6 is 22.7 Å². The minimum absolute atomic E-state index is 0.0494. The molecule has 2 saturated carbocycles. The summed E-state index contributed by atoms with van der Waals surface area (Å²) >= 11 is 2.89. The summed E-state index contributed by atoms with van der Waals surface area (Å²) in [5.41, 5.74) is 5.47. The fourth-order valence-electron chi connectivity index (χ4n) is 9.34. The van der Waals surface area contributed by atoms with Gasteiger partial charge in [0.05, 0.1) is 97.0 Å². The van der Waals surface area contributed by atoms with Crippen molar-refractivity contribution in [1.29, 1.82) is 0 Å². The van der Waals surface area contributed by atoms with Gasteiger partial charge in [0.25, 0.3) is 5.91 Å². The molecule has 1 saturated heterocycles. The Morgan fingerprint density at radius 2 is 1.48 bits per heavy atom. The van der Waals surface area contributed by atoms with Gasteiger partial charge in [0, 0.05) is 30.4 Å². The van der Waals surface area contributed by atoms with Crippen molar-refractivity contribution in [3.05, 3.63) is 71.1 Å². The first-order valence-corrected chi connectivity index (χ1v) is 28.9. The molecule has 4 N–H and O–H groups in total. The molecule has 19 nitrogen and oxygen atoms in total. The highest BCUT2D eigenvalue weighted by molar-refractivity contribution is 7.22. The lowest BCUT2D eigenvalue weighted by atomic mass is 9.85. The molecule has 4 heterocycles. The first-order chi connectivity index (χ1) is 38.0. The minimum Gasteiger partial charge on any atom is -0.491 e. The lowest BCUT2D eigenvalue weighted by Crippen LogP contribution is -2.58. The number of ether oxygens (including phenoxy) is 6. The molecule has 426 valence electrons. The molecule has 2 atom stereocenters. The number of thiazole rings is 2. The second kappa shape index (κ2) is 27.8. The number of fused-ring (bicyclic) bond motifs is 1. The number of aryl methyl sites for hydroxylation is 2. The smallest absolute Gasteiger partial charge is 0.411 e. The van der Waals surface area contributed by atoms with Crippen LogP contribution in [0.25, 0.3) is 31.8 Å². The Morgan fingerprint density at radius 1 is 0.785 bits per heavy atom. The Kier molecular flexibility index (Phi) is 20.8. The Hall–Kier alpha value is -6.17. The van der Waals surface area contributed by atoms with Gasteiger partial charge < -0.3 is 49.3 Å². The number of rotatable bonds is 27. The van der Waals surface area contributed by atoms with Gasteiger partial charge in [-0.1, -0.05) is 56.7 Å². The van der Waals surface area contributed by atoms with Crippen LogP contribution in [0.3, 0.4) is 0 Å². The van der Waals surface area contributed by atoms with Crippen molar-refractivity contribution >= 4 is 73.4 Å². The number of nitrogens with one attached hydrogen (secondary N) is 4. The van der Waals surface area contributed by atoms with Gasteiger partial charge in [0.15, 0.2) is 10.8 Å². The molecule has 2 aromatic carbocycles. The number of halogens is 1. The number of likely N-dealkylation sites (tertiary alicyclic amines) is 1. The molecule has 3 aromatic heterocycles. The largest absolute Gasteiger partial charge is 0.491 e. The van der Waals surface area contributed by atoms with E-state index in [-0.39, 0.29) is 63.5 Å². The third kappa shape index (κ3) is 16.7. The van der Waals surface area contributed by atoms with Crippen molar-refractivity contribution < 1.29 is 56.8 Å². The number of anilines is 2. The van der Waals surface area contributed by atoms with Crippen molar-refractivity contribution in [2.24, 2.45) is 5.41 Å². The minimum atomic E-state index is -1.93. The average Bonchev–Trinajstić information content (AvgIpc) is 3.84. The summed E-state index contributed by atoms with van der Waals surface area (Å²) in [5.74, 6) is -1.14. The summed E-state index contributed by atoms with van der Waals surface area (Å²) < 4.78 is 50.1. The lowest BCUT2D eigenvalue weighted by molar-refractivity contribution is -0.144. The molecular weight excluding hydrogens is 1060 g/mol. The van der Waals surface area contributed by atoms with Crippen LogP contribution in [0.2, 0.25) is 0 Å². The van der Waals surface area contributed by atoms with Crippen molar-refractivity contribution in [3.63, 3.8) is 0 Å². The van der Waals surface area contributed by atoms with Gasteiger partial charge in [-0.3, -0.25) is 29.5 Å². The van der Waals surface area contributed by atoms with Gasteiger partial charge in [-0.15, -0.1) is 11.3 Å². The number of hydrogen-bond donors (Lipinski definition) is 4. The second-order valence-corrected chi connectivity index (χ2v) is 23.1. The molecule has 0 spiro atoms. The van der Waals surface area contributed by atoms with E-state index >= 15 is 0 Å². The normalized spacial score (nSPS) is 16.6. The highest BCUT2D eigenvalue weighted by Gasteiger charge is 2.53. The van der Waals surface area contributed by atoms with Crippen molar-refractivity contribution in [2.75, 3.05) is 76.6 Å². The van der Waals surface area contributed by atoms with E-state index in [0.29, 0.717) is 81.3 Å². The maximum atomic E-state index is 14.6. The Balaban J connectivity index is 0.686. The molecule has 0 bridgehead atoms. The van der Waals surface area contributed by atoms with Crippen LogP contribution in [0.1, 0.15) is 102 Å². The molecule has 5 aromatic rings. The van der Waals surface area contributed by atoms with Crippen LogP contribution in [-0.4, -0.2) is 139 Å². The SMILES string of the molecule is Cc1ncc(-c2ccc3nc(NC(=O)CCOCCOCCOCCOCCOc4cc(-c5scnc5C)ccc4CNC(=O)C4CCCN4C(=O)C(NC(=O)C4(F)CC4)C(C)(C)C)sc3c2)cc1NC(=O)OC1CCCCC1. The van der Waals surface area contributed by atoms with Crippen molar-refractivity contribution in [1.82, 2.24) is 30.5 Å². The Morgan fingerprint density at radius 3 is 2.16 bits per heavy atom. The third-order valence-corrected chi connectivity index (χ3v) is 16.0. The van der Waals surface area contributed by atoms with Crippen molar-refractivity contribution in [3.8, 4) is 27.3 Å². The van der Waals surface area contributed by atoms with Crippen LogP contribution in [0.4, 0.5) is 20.0 Å². The van der Waals surface area contributed by atoms with Crippen molar-refractivity contribution in [2.45, 2.75) is 129 Å². The van der Waals surface area contributed by atoms with Gasteiger partial charge in [0.2, 0.25) is 17.7 Å². The predicted molar refractivity (Wildman–Crippen MR) is 300 cm³/mol. The van der Waals surface area contributed by atoms with Crippen LogP contribution < -0.4 is 26.0 Å². The number of carbonyl (C=O) groups excluding carboxylic acids is 5. The standard InChI is InChI=1S/C57H73FN8O11S2/c1-36-44(63-55(71)77-42-10-7-6-8-11-42)30-41(34-59-36)38-15-16-43-47(32-38)79-54(62-43)64-48(67)17-21-72-22-23-73-24-25-74-26-27-75-28-29-76-46-31-39(49-37(2)61-35-78-49)13-14-40(46)33-60-51(68)45-12-9-20-66(45)52(69)50(56(3,4)5)65-53(70)57(58)18-19-57/h13-16,30-32,34-35,42,45,50H,6-12,17-29,33H2,1-5H3,(H,60,68)(H,63,71)(H,65,70)(H,62,64,67). The van der Waals surface area contributed by atoms with Crippen LogP contribution in [0, 0.1) is 19.3 Å². The van der Waals surface area contributed by atoms with Gasteiger partial charge >= 0.3 is 6.09 Å². The van der Waals surface area contributed by atoms with E-state index in [2.05, 4.69) is 36.2 Å². The number of benzene rings is 2. The summed E-state index contributed by atoms with van der Waals surface area (Å²) in [6, 6.07) is 11.8. The number of hydrogen-bond acceptors (Lipinski definition) is 16. The summed E-state index contributed by atoms with van der Waals surface area (Å²) in [6.07, 6.45) is 7.87. The molecule has 8 rings (SSSR count). The van der Waals surface area contributed by atoms with Gasteiger partial charge in [0.1, 0.15) is 30.5 Å². The first kappa shape index (κ1) is 59.0. The molecule has 22 heteroatoms. The molecule has 2 unspecified atom stereocenters. The summed E-state index contributed by atoms with van der Waals surface area (Å²) in [7, 11) is 0. The lowest BCUT2D eigenvalue weighted by Gasteiger charge is -2.35. The molecular formula is C57H73FN8O11S2. The zero-order valence-electron chi connectivity index (χ0n) is 45.8. The molecule has 0 radical (unpaired) electrons. The Labute approximate surface area is 468 Å². The number of amides is 5. The monoisotopic (exact) mass is 1130 g/mol. The highest BCUT2D eigenvalue weighted by Crippen LogP contribution is 2.41. The maximum absolute atomic E-state index is 14.6. The fourth-order valence-corrected chi connectivity index (χ4v) is 11.1. The second-order valence-electron chi connectivity index (χ2n) is 21.2. The van der Waals surface area contributed by atoms with E-state index in [9.17, 15) is 28.4 Å². The summed E-state index contributed by atoms with van der Waals surface area (Å²) in [4.78, 5) is 81.6. The summed E-state index contributed by atoms with van der Waals surface area (Å²) in [5, 5.41) is 11.9. The third-order valence-electron chi connectivity index (χ3n) is 14.0. The quantitative estimate of drug-likeness (QED) is 0.0360. The number of alkyl halides is 1. The maximum Gasteiger partial charge on any atom is 0.411 e. The number of nitrogens with zero attached hydrogens (tertiary/aromatic N) is 4. The fraction of sp³-hybridized carbons (Fsp3) is 0.544. The van der Waals surface area contributed by atoms with Crippen LogP contribution in [-0.2, 0) is 49.4 Å². The predicted octanol–water partition coefficient (Wildman–Crippen LogP) is 9.09. The van der Waals surface area contributed by atoms with E-state index in [1.165, 1.54) is 34.0 Å². The van der Waals surface area contributed by atoms with E-state index in [0.717, 1.165) is 68.7 Å². The molecule has 79 heavy (non-hydrogen) atoms. The topological polar surface area (TPSA) is 231 Å². The molecule has 5 amide bonds. The van der Waals surface area contributed by atoms with Crippen LogP contribution in [0.15, 0.2) is 54.2 Å². The van der Waals surface area contributed by atoms with Crippen LogP contribution in [0.5, 0.6) is 5.75 Å². The Bertz CT molecular complexity index is 2900. The van der Waals surface area contributed by atoms with Gasteiger partial charge in [-0.25, -0.2) is 19.2 Å². The van der Waals surface area contributed by atoms with E-state index < -0.39 is 41.1 Å². The van der Waals surface area contributed by atoms with Gasteiger partial charge in [-0.2, -0.15) is 0 Å². The average molecular weight is 1130 g/mol. The molecule has 3 fully saturated rings. The molecule has 3 aliphatic rings. The number of pyridine rings is 1. The van der Waals surface area contributed by atoms with E-state index in [1.807, 2.05) is 77.1 Å². The zero-order chi connectivity index (χ0) is 55.9. The molecule has 1 aliphatic heterocycles. The highest BCUT2D eigenvalue weighted by atomic mass is 32.1. The molecule has 2 aliphatic carbocycles. The van der Waals surface area contributed by atoms with E-state index in [4.69, 9.17) is 28.4 Å². The zero-order valence-corrected chi connectivity index (χ0v) is 47.4. The first-order valence-electron chi connectivity index (χ1n) is 27.2. The number of carbonyl (C=O) groups is 5. The van der Waals surface area contributed by atoms with Gasteiger partial charge in [-0.05, 0) is 106 Å². The summed E-state index contributed by atoms with van der Waals surface area (Å²) in [6.45, 7) is 12.5. The number of aromatic nitrogens is 3.